The zero-order chi connectivity index (χ0) is 25.4. The quantitative estimate of drug-likeness (QED) is 0.329. The number of hydrogen-bond donors (Lipinski definition) is 0. The minimum absolute atomic E-state index is 0.00837. The summed E-state index contributed by atoms with van der Waals surface area (Å²) in [6.45, 7) is 0.334. The van der Waals surface area contributed by atoms with Crippen LogP contribution in [0.3, 0.4) is 0 Å². The Morgan fingerprint density at radius 2 is 1.31 bits per heavy atom. The first-order chi connectivity index (χ1) is 16.4. The molecule has 0 aromatic heterocycles. The molecule has 35 heavy (non-hydrogen) atoms. The minimum atomic E-state index is -5.02. The average Bonchev–Trinajstić information content (AvgIpc) is 2.83. The van der Waals surface area contributed by atoms with E-state index in [-0.39, 0.29) is 31.0 Å². The monoisotopic (exact) mass is 511 g/mol. The van der Waals surface area contributed by atoms with Crippen molar-refractivity contribution in [3.63, 3.8) is 0 Å². The molecular formula is C26H20ClF6NO. The second-order valence-corrected chi connectivity index (χ2v) is 8.95. The molecule has 4 rings (SSSR count). The third kappa shape index (κ3) is 5.64. The molecule has 184 valence electrons. The number of piperidine rings is 1. The van der Waals surface area contributed by atoms with Crippen molar-refractivity contribution in [3.8, 4) is 0 Å². The van der Waals surface area contributed by atoms with E-state index in [1.54, 1.807) is 12.1 Å². The lowest BCUT2D eigenvalue weighted by Gasteiger charge is -2.39. The standard InChI is InChI=1S/C26H20ClF6NO/c27-21-8-6-17(7-9-21)22-10-11-34(15-23(22)16-4-2-1-3-5-16)24(35)18-12-19(25(28,29)30)14-20(13-18)26(31,32)33/h1-9,12-14,22-23H,10-11,15H2. The summed E-state index contributed by atoms with van der Waals surface area (Å²) in [7, 11) is 0. The molecule has 9 heteroatoms. The highest BCUT2D eigenvalue weighted by Crippen LogP contribution is 2.41. The van der Waals surface area contributed by atoms with Crippen molar-refractivity contribution in [1.82, 2.24) is 4.90 Å². The van der Waals surface area contributed by atoms with Gasteiger partial charge in [-0.1, -0.05) is 54.1 Å². The van der Waals surface area contributed by atoms with Crippen LogP contribution in [0.5, 0.6) is 0 Å². The third-order valence-electron chi connectivity index (χ3n) is 6.26. The molecule has 3 aromatic rings. The van der Waals surface area contributed by atoms with E-state index >= 15 is 0 Å². The molecule has 3 aromatic carbocycles. The first-order valence-electron chi connectivity index (χ1n) is 10.8. The molecule has 0 aliphatic carbocycles. The zero-order valence-electron chi connectivity index (χ0n) is 18.2. The summed E-state index contributed by atoms with van der Waals surface area (Å²) in [5, 5.41) is 0.572. The highest BCUT2D eigenvalue weighted by molar-refractivity contribution is 6.30. The maximum atomic E-state index is 13.3. The molecule has 1 fully saturated rings. The van der Waals surface area contributed by atoms with Crippen LogP contribution in [0.25, 0.3) is 0 Å². The Hall–Kier alpha value is -3.00. The summed E-state index contributed by atoms with van der Waals surface area (Å²) < 4.78 is 79.7. The summed E-state index contributed by atoms with van der Waals surface area (Å²) in [6, 6.07) is 17.6. The molecular weight excluding hydrogens is 492 g/mol. The van der Waals surface area contributed by atoms with Gasteiger partial charge in [-0.25, -0.2) is 0 Å². The van der Waals surface area contributed by atoms with E-state index < -0.39 is 35.0 Å². The number of hydrogen-bond acceptors (Lipinski definition) is 1. The minimum Gasteiger partial charge on any atom is -0.338 e. The fraction of sp³-hybridized carbons (Fsp3) is 0.269. The van der Waals surface area contributed by atoms with E-state index in [1.807, 2.05) is 42.5 Å². The normalized spacial score (nSPS) is 19.0. The number of likely N-dealkylation sites (tertiary alicyclic amines) is 1. The molecule has 1 aliphatic rings. The summed E-state index contributed by atoms with van der Waals surface area (Å²) in [5.41, 5.74) is -1.74. The molecule has 1 saturated heterocycles. The molecule has 2 atom stereocenters. The molecule has 0 spiro atoms. The van der Waals surface area contributed by atoms with Crippen molar-refractivity contribution in [1.29, 1.82) is 0 Å². The molecule has 2 nitrogen and oxygen atoms in total. The van der Waals surface area contributed by atoms with Gasteiger partial charge < -0.3 is 4.90 Å². The van der Waals surface area contributed by atoms with Gasteiger partial charge in [0.05, 0.1) is 11.1 Å². The van der Waals surface area contributed by atoms with Crippen LogP contribution in [0, 0.1) is 0 Å². The molecule has 2 unspecified atom stereocenters. The molecule has 0 N–H and O–H groups in total. The number of amides is 1. The van der Waals surface area contributed by atoms with Crippen molar-refractivity contribution in [2.24, 2.45) is 0 Å². The largest absolute Gasteiger partial charge is 0.416 e. The van der Waals surface area contributed by atoms with Gasteiger partial charge in [0.2, 0.25) is 0 Å². The number of alkyl halides is 6. The molecule has 0 saturated carbocycles. The predicted octanol–water partition coefficient (Wildman–Crippen LogP) is 7.79. The van der Waals surface area contributed by atoms with E-state index in [0.29, 0.717) is 23.6 Å². The number of carbonyl (C=O) groups excluding carboxylic acids is 1. The van der Waals surface area contributed by atoms with Crippen LogP contribution in [0.15, 0.2) is 72.8 Å². The molecule has 0 radical (unpaired) electrons. The van der Waals surface area contributed by atoms with Gasteiger partial charge in [0.1, 0.15) is 0 Å². The van der Waals surface area contributed by atoms with Crippen molar-refractivity contribution < 1.29 is 31.1 Å². The smallest absolute Gasteiger partial charge is 0.338 e. The maximum absolute atomic E-state index is 13.3. The van der Waals surface area contributed by atoms with Gasteiger partial charge in [-0.15, -0.1) is 0 Å². The van der Waals surface area contributed by atoms with Gasteiger partial charge >= 0.3 is 12.4 Å². The van der Waals surface area contributed by atoms with Crippen LogP contribution < -0.4 is 0 Å². The van der Waals surface area contributed by atoms with E-state index in [4.69, 9.17) is 11.6 Å². The fourth-order valence-electron chi connectivity index (χ4n) is 4.54. The summed E-state index contributed by atoms with van der Waals surface area (Å²) in [5.74, 6) is -1.08. The molecule has 1 amide bonds. The van der Waals surface area contributed by atoms with Crippen molar-refractivity contribution in [2.45, 2.75) is 30.6 Å². The van der Waals surface area contributed by atoms with Crippen LogP contribution in [0.1, 0.15) is 50.9 Å². The molecule has 0 bridgehead atoms. The van der Waals surface area contributed by atoms with E-state index in [1.165, 1.54) is 4.90 Å². The average molecular weight is 512 g/mol. The Balaban J connectivity index is 1.68. The number of benzene rings is 3. The topological polar surface area (TPSA) is 20.3 Å². The van der Waals surface area contributed by atoms with E-state index in [9.17, 15) is 31.1 Å². The second-order valence-electron chi connectivity index (χ2n) is 8.51. The summed E-state index contributed by atoms with van der Waals surface area (Å²) >= 11 is 6.01. The van der Waals surface area contributed by atoms with Gasteiger partial charge in [-0.3, -0.25) is 4.79 Å². The third-order valence-corrected chi connectivity index (χ3v) is 6.51. The lowest BCUT2D eigenvalue weighted by molar-refractivity contribution is -0.143. The zero-order valence-corrected chi connectivity index (χ0v) is 19.0. The van der Waals surface area contributed by atoms with Gasteiger partial charge in [-0.2, -0.15) is 26.3 Å². The first kappa shape index (κ1) is 25.1. The Labute approximate surface area is 203 Å². The SMILES string of the molecule is O=C(c1cc(C(F)(F)F)cc(C(F)(F)F)c1)N1CCC(c2ccc(Cl)cc2)C(c2ccccc2)C1. The van der Waals surface area contributed by atoms with Crippen LogP contribution >= 0.6 is 11.6 Å². The van der Waals surface area contributed by atoms with Gasteiger partial charge in [0.25, 0.3) is 5.91 Å². The van der Waals surface area contributed by atoms with Crippen molar-refractivity contribution in [3.05, 3.63) is 106 Å². The Bertz CT molecular complexity index is 1160. The molecule has 1 aliphatic heterocycles. The van der Waals surface area contributed by atoms with E-state index in [2.05, 4.69) is 0 Å². The maximum Gasteiger partial charge on any atom is 0.416 e. The Kier molecular flexibility index (Phi) is 6.86. The van der Waals surface area contributed by atoms with Crippen molar-refractivity contribution >= 4 is 17.5 Å². The van der Waals surface area contributed by atoms with Gasteiger partial charge in [-0.05, 0) is 53.8 Å². The lowest BCUT2D eigenvalue weighted by Crippen LogP contribution is -2.42. The fourth-order valence-corrected chi connectivity index (χ4v) is 4.67. The van der Waals surface area contributed by atoms with E-state index in [0.717, 1.165) is 11.1 Å². The Morgan fingerprint density at radius 1 is 0.771 bits per heavy atom. The number of nitrogens with zero attached hydrogens (tertiary/aromatic N) is 1. The van der Waals surface area contributed by atoms with Crippen LogP contribution in [0.2, 0.25) is 5.02 Å². The molecule has 1 heterocycles. The summed E-state index contributed by atoms with van der Waals surface area (Å²) in [4.78, 5) is 14.5. The van der Waals surface area contributed by atoms with Crippen LogP contribution in [-0.2, 0) is 12.4 Å². The first-order valence-corrected chi connectivity index (χ1v) is 11.2. The number of carbonyl (C=O) groups is 1. The van der Waals surface area contributed by atoms with Crippen molar-refractivity contribution in [2.75, 3.05) is 13.1 Å². The number of halogens is 7. The summed E-state index contributed by atoms with van der Waals surface area (Å²) in [6.07, 6.45) is -9.56. The van der Waals surface area contributed by atoms with Gasteiger partial charge in [0, 0.05) is 29.6 Å². The second kappa shape index (κ2) is 9.57. The highest BCUT2D eigenvalue weighted by atomic mass is 35.5. The lowest BCUT2D eigenvalue weighted by atomic mass is 9.76. The van der Waals surface area contributed by atoms with Crippen LogP contribution in [-0.4, -0.2) is 23.9 Å². The highest BCUT2D eigenvalue weighted by Gasteiger charge is 2.39. The van der Waals surface area contributed by atoms with Gasteiger partial charge in [0.15, 0.2) is 0 Å². The Morgan fingerprint density at radius 3 is 1.86 bits per heavy atom. The number of rotatable bonds is 3. The van der Waals surface area contributed by atoms with Crippen LogP contribution in [0.4, 0.5) is 26.3 Å². The predicted molar refractivity (Wildman–Crippen MR) is 120 cm³/mol.